The summed E-state index contributed by atoms with van der Waals surface area (Å²) in [6.45, 7) is 8.28. The highest BCUT2D eigenvalue weighted by Crippen LogP contribution is 2.31. The Bertz CT molecular complexity index is 1120. The van der Waals surface area contributed by atoms with E-state index < -0.39 is 11.5 Å². The maximum atomic E-state index is 13.7. The number of rotatable bonds is 7. The minimum Gasteiger partial charge on any atom is -0.491 e. The lowest BCUT2D eigenvalue weighted by Gasteiger charge is -2.44. The van der Waals surface area contributed by atoms with E-state index in [-0.39, 0.29) is 48.4 Å². The second-order valence-corrected chi connectivity index (χ2v) is 10.5. The Kier molecular flexibility index (Phi) is 7.38. The fourth-order valence-corrected chi connectivity index (χ4v) is 4.97. The molecule has 0 spiro atoms. The summed E-state index contributed by atoms with van der Waals surface area (Å²) in [7, 11) is 1.27. The highest BCUT2D eigenvalue weighted by molar-refractivity contribution is 6.01. The number of hydrogen-bond acceptors (Lipinski definition) is 6. The minimum absolute atomic E-state index is 0.0434. The molecule has 0 saturated heterocycles. The molecule has 9 heteroatoms. The molecule has 9 nitrogen and oxygen atoms in total. The molecule has 1 N–H and O–H groups in total. The van der Waals surface area contributed by atoms with Crippen molar-refractivity contribution in [1.29, 1.82) is 0 Å². The van der Waals surface area contributed by atoms with Crippen LogP contribution in [0.5, 0.6) is 5.75 Å². The first-order chi connectivity index (χ1) is 17.1. The summed E-state index contributed by atoms with van der Waals surface area (Å²) in [5.74, 6) is 0.204. The number of ether oxygens (including phenoxy) is 2. The van der Waals surface area contributed by atoms with Crippen LogP contribution in [0.3, 0.4) is 0 Å². The van der Waals surface area contributed by atoms with E-state index in [0.717, 1.165) is 37.0 Å². The molecular formula is C27H36N4O5. The zero-order valence-corrected chi connectivity index (χ0v) is 21.7. The van der Waals surface area contributed by atoms with Crippen LogP contribution < -0.4 is 10.1 Å². The van der Waals surface area contributed by atoms with E-state index in [1.54, 1.807) is 11.8 Å². The van der Waals surface area contributed by atoms with Crippen LogP contribution in [0, 0.1) is 5.92 Å². The lowest BCUT2D eigenvalue weighted by molar-refractivity contribution is -0.134. The zero-order chi connectivity index (χ0) is 26.0. The van der Waals surface area contributed by atoms with Gasteiger partial charge in [-0.2, -0.15) is 5.10 Å². The van der Waals surface area contributed by atoms with Crippen LogP contribution in [-0.4, -0.2) is 57.3 Å². The number of esters is 1. The summed E-state index contributed by atoms with van der Waals surface area (Å²) in [4.78, 5) is 41.1. The van der Waals surface area contributed by atoms with E-state index in [2.05, 4.69) is 17.3 Å². The Hall–Kier alpha value is -3.36. The molecule has 2 amide bonds. The normalized spacial score (nSPS) is 23.8. The fourth-order valence-electron chi connectivity index (χ4n) is 4.97. The number of nitrogens with zero attached hydrogens (tertiary/aromatic N) is 3. The minimum atomic E-state index is -1.19. The maximum Gasteiger partial charge on any atom is 0.358 e. The smallest absolute Gasteiger partial charge is 0.358 e. The number of amides is 2. The van der Waals surface area contributed by atoms with Crippen molar-refractivity contribution in [3.63, 3.8) is 0 Å². The van der Waals surface area contributed by atoms with Gasteiger partial charge in [0.1, 0.15) is 17.0 Å². The number of carbonyl (C=O) groups is 3. The lowest BCUT2D eigenvalue weighted by Crippen LogP contribution is -2.64. The number of fused-ring (bicyclic) bond motifs is 1. The molecule has 4 rings (SSSR count). The van der Waals surface area contributed by atoms with Gasteiger partial charge in [0.25, 0.3) is 5.91 Å². The van der Waals surface area contributed by atoms with E-state index in [4.69, 9.17) is 9.47 Å². The molecule has 36 heavy (non-hydrogen) atoms. The molecule has 1 aromatic heterocycles. The molecule has 0 bridgehead atoms. The predicted octanol–water partition coefficient (Wildman–Crippen LogP) is 3.57. The third-order valence-electron chi connectivity index (χ3n) is 7.17. The van der Waals surface area contributed by atoms with Crippen LogP contribution in [0.4, 0.5) is 0 Å². The molecule has 1 saturated carbocycles. The summed E-state index contributed by atoms with van der Waals surface area (Å²) >= 11 is 0. The first kappa shape index (κ1) is 25.7. The highest BCUT2D eigenvalue weighted by atomic mass is 16.5. The number of aromatic nitrogens is 2. The van der Waals surface area contributed by atoms with Crippen LogP contribution in [0.1, 0.15) is 79.9 Å². The molecular weight excluding hydrogens is 460 g/mol. The van der Waals surface area contributed by atoms with Gasteiger partial charge >= 0.3 is 5.97 Å². The Balaban J connectivity index is 1.64. The first-order valence-electron chi connectivity index (χ1n) is 12.7. The van der Waals surface area contributed by atoms with E-state index >= 15 is 0 Å². The molecule has 1 aliphatic heterocycles. The van der Waals surface area contributed by atoms with Crippen molar-refractivity contribution in [3.8, 4) is 5.75 Å². The Morgan fingerprint density at radius 3 is 2.44 bits per heavy atom. The largest absolute Gasteiger partial charge is 0.491 e. The zero-order valence-electron chi connectivity index (χ0n) is 21.7. The van der Waals surface area contributed by atoms with Crippen LogP contribution in [0.15, 0.2) is 30.3 Å². The van der Waals surface area contributed by atoms with Crippen LogP contribution in [-0.2, 0) is 22.6 Å². The number of benzene rings is 1. The van der Waals surface area contributed by atoms with Gasteiger partial charge in [-0.3, -0.25) is 14.3 Å². The van der Waals surface area contributed by atoms with Crippen molar-refractivity contribution >= 4 is 17.8 Å². The van der Waals surface area contributed by atoms with Gasteiger partial charge in [0.05, 0.1) is 19.8 Å². The average Bonchev–Trinajstić information content (AvgIpc) is 3.27. The molecule has 1 aromatic carbocycles. The Morgan fingerprint density at radius 1 is 1.17 bits per heavy atom. The van der Waals surface area contributed by atoms with Gasteiger partial charge in [0.2, 0.25) is 5.91 Å². The number of carbonyl (C=O) groups excluding carboxylic acids is 3. The van der Waals surface area contributed by atoms with E-state index in [9.17, 15) is 14.4 Å². The van der Waals surface area contributed by atoms with Gasteiger partial charge in [-0.1, -0.05) is 19.1 Å². The second-order valence-electron chi connectivity index (χ2n) is 10.5. The molecule has 0 radical (unpaired) electrons. The molecule has 194 valence electrons. The van der Waals surface area contributed by atoms with Gasteiger partial charge < -0.3 is 19.7 Å². The van der Waals surface area contributed by atoms with Crippen LogP contribution in [0.2, 0.25) is 0 Å². The molecule has 1 atom stereocenters. The molecule has 2 aromatic rings. The summed E-state index contributed by atoms with van der Waals surface area (Å²) in [5, 5.41) is 7.49. The highest BCUT2D eigenvalue weighted by Gasteiger charge is 2.48. The second kappa shape index (κ2) is 10.3. The SMILES string of the molecule is COC(=O)c1cc2n(n1)C[C@@](C)(C(=O)NC1CCC(C)CC1)N(Cc1ccc(OC(C)C)cc1)C2=O. The maximum absolute atomic E-state index is 13.7. The molecule has 0 unspecified atom stereocenters. The third-order valence-corrected chi connectivity index (χ3v) is 7.17. The van der Waals surface area contributed by atoms with Crippen molar-refractivity contribution in [1.82, 2.24) is 20.0 Å². The Morgan fingerprint density at radius 2 is 1.83 bits per heavy atom. The standard InChI is InChI=1S/C27H36N4O5/c1-17(2)36-21-12-8-19(9-13-21)15-30-24(32)23-14-22(25(33)35-5)29-31(23)16-27(30,4)26(34)28-20-10-6-18(3)7-11-20/h8-9,12-14,17-18,20H,6-7,10-11,15-16H2,1-5H3,(H,28,34)/t18?,20?,27-/m0/s1. The third kappa shape index (κ3) is 5.24. The monoisotopic (exact) mass is 496 g/mol. The van der Waals surface area contributed by atoms with Crippen molar-refractivity contribution in [3.05, 3.63) is 47.3 Å². The van der Waals surface area contributed by atoms with E-state index in [1.165, 1.54) is 17.9 Å². The van der Waals surface area contributed by atoms with Gasteiger partial charge in [-0.05, 0) is 70.1 Å². The number of methoxy groups -OCH3 is 1. The van der Waals surface area contributed by atoms with Gasteiger partial charge in [0.15, 0.2) is 5.69 Å². The van der Waals surface area contributed by atoms with Gasteiger partial charge in [-0.25, -0.2) is 4.79 Å². The van der Waals surface area contributed by atoms with E-state index in [0.29, 0.717) is 5.92 Å². The quantitative estimate of drug-likeness (QED) is 0.588. The number of nitrogens with one attached hydrogen (secondary N) is 1. The molecule has 2 heterocycles. The van der Waals surface area contributed by atoms with Crippen molar-refractivity contribution in [2.45, 2.75) is 84.2 Å². The summed E-state index contributed by atoms with van der Waals surface area (Å²) in [6, 6.07) is 9.05. The molecule has 1 fully saturated rings. The van der Waals surface area contributed by atoms with Crippen molar-refractivity contribution < 1.29 is 23.9 Å². The predicted molar refractivity (Wildman–Crippen MR) is 134 cm³/mol. The Labute approximate surface area is 212 Å². The fraction of sp³-hybridized carbons (Fsp3) is 0.556. The molecule has 1 aliphatic carbocycles. The van der Waals surface area contributed by atoms with Crippen molar-refractivity contribution in [2.75, 3.05) is 7.11 Å². The van der Waals surface area contributed by atoms with Crippen molar-refractivity contribution in [2.24, 2.45) is 5.92 Å². The van der Waals surface area contributed by atoms with Crippen LogP contribution >= 0.6 is 0 Å². The summed E-state index contributed by atoms with van der Waals surface area (Å²) < 4.78 is 12.0. The topological polar surface area (TPSA) is 103 Å². The lowest BCUT2D eigenvalue weighted by atomic mass is 9.86. The summed E-state index contributed by atoms with van der Waals surface area (Å²) in [6.07, 6.45) is 4.04. The molecule has 2 aliphatic rings. The average molecular weight is 497 g/mol. The summed E-state index contributed by atoms with van der Waals surface area (Å²) in [5.41, 5.74) is -0.0281. The van der Waals surface area contributed by atoms with Crippen LogP contribution in [0.25, 0.3) is 0 Å². The number of hydrogen-bond donors (Lipinski definition) is 1. The first-order valence-corrected chi connectivity index (χ1v) is 12.7. The van der Waals surface area contributed by atoms with E-state index in [1.807, 2.05) is 38.1 Å². The van der Waals surface area contributed by atoms with Gasteiger partial charge in [-0.15, -0.1) is 0 Å². The van der Waals surface area contributed by atoms with Gasteiger partial charge in [0, 0.05) is 18.7 Å².